The smallest absolute Gasteiger partial charge is 0.335 e. The largest absolute Gasteiger partial charge is 0.478 e. The van der Waals surface area contributed by atoms with Gasteiger partial charge < -0.3 is 10.2 Å². The molecule has 0 aliphatic heterocycles. The number of carbonyl (C=O) groups is 2. The highest BCUT2D eigenvalue weighted by atomic mass is 32.2. The first kappa shape index (κ1) is 47.3. The second kappa shape index (κ2) is 21.4. The molecule has 11 nitrogen and oxygen atoms in total. The van der Waals surface area contributed by atoms with E-state index >= 15 is 0 Å². The zero-order valence-electron chi connectivity index (χ0n) is 35.4. The van der Waals surface area contributed by atoms with Gasteiger partial charge >= 0.3 is 11.9 Å². The molecule has 0 spiro atoms. The van der Waals surface area contributed by atoms with Crippen LogP contribution in [0.25, 0.3) is 0 Å². The number of carboxylic acids is 2. The summed E-state index contributed by atoms with van der Waals surface area (Å²) < 4.78 is 57.0. The molecule has 0 heterocycles. The van der Waals surface area contributed by atoms with E-state index in [4.69, 9.17) is 10.2 Å². The Labute approximate surface area is 370 Å². The third kappa shape index (κ3) is 13.1. The third-order valence-corrected chi connectivity index (χ3v) is 13.7. The molecule has 0 saturated carbocycles. The lowest BCUT2D eigenvalue weighted by molar-refractivity contribution is 0.0686. The van der Waals surface area contributed by atoms with Crippen molar-refractivity contribution in [3.63, 3.8) is 0 Å². The van der Waals surface area contributed by atoms with Crippen molar-refractivity contribution in [1.29, 1.82) is 5.26 Å². The van der Waals surface area contributed by atoms with E-state index < -0.39 is 32.0 Å². The molecule has 6 aromatic rings. The van der Waals surface area contributed by atoms with Crippen LogP contribution in [0.5, 0.6) is 0 Å². The minimum atomic E-state index is -3.90. The monoisotopic (exact) mass is 885 g/mol. The quantitative estimate of drug-likeness (QED) is 0.0650. The van der Waals surface area contributed by atoms with Crippen molar-refractivity contribution in [2.75, 3.05) is 9.44 Å². The van der Waals surface area contributed by atoms with Crippen LogP contribution in [0, 0.1) is 11.3 Å². The Kier molecular flexibility index (Phi) is 16.0. The van der Waals surface area contributed by atoms with Crippen LogP contribution in [-0.4, -0.2) is 39.0 Å². The van der Waals surface area contributed by atoms with Crippen molar-refractivity contribution < 1.29 is 36.6 Å². The number of anilines is 2. The van der Waals surface area contributed by atoms with Crippen LogP contribution >= 0.6 is 0 Å². The first-order valence-electron chi connectivity index (χ1n) is 20.5. The Morgan fingerprint density at radius 1 is 0.571 bits per heavy atom. The van der Waals surface area contributed by atoms with E-state index in [1.165, 1.54) is 12.1 Å². The van der Waals surface area contributed by atoms with E-state index in [-0.39, 0.29) is 31.9 Å². The van der Waals surface area contributed by atoms with Crippen LogP contribution in [0.3, 0.4) is 0 Å². The fourth-order valence-electron chi connectivity index (χ4n) is 6.76. The number of hydrogen-bond donors (Lipinski definition) is 4. The highest BCUT2D eigenvalue weighted by molar-refractivity contribution is 7.93. The number of para-hydroxylation sites is 2. The molecule has 0 saturated heterocycles. The lowest BCUT2D eigenvalue weighted by Crippen LogP contribution is -2.17. The van der Waals surface area contributed by atoms with Gasteiger partial charge in [0.05, 0.1) is 33.0 Å². The van der Waals surface area contributed by atoms with Gasteiger partial charge in [-0.15, -0.1) is 0 Å². The molecular formula is C50H51N3O8S2. The van der Waals surface area contributed by atoms with Crippen LogP contribution in [0.4, 0.5) is 11.4 Å². The molecule has 326 valence electrons. The van der Waals surface area contributed by atoms with Crippen molar-refractivity contribution in [3.8, 4) is 6.07 Å². The van der Waals surface area contributed by atoms with Gasteiger partial charge in [0, 0.05) is 0 Å². The van der Waals surface area contributed by atoms with Crippen molar-refractivity contribution in [2.24, 2.45) is 0 Å². The van der Waals surface area contributed by atoms with Crippen LogP contribution < -0.4 is 9.44 Å². The van der Waals surface area contributed by atoms with E-state index in [0.717, 1.165) is 59.9 Å². The summed E-state index contributed by atoms with van der Waals surface area (Å²) in [5.74, 6) is -1.90. The molecule has 0 fully saturated rings. The van der Waals surface area contributed by atoms with E-state index in [0.29, 0.717) is 24.2 Å². The normalized spacial score (nSPS) is 11.4. The van der Waals surface area contributed by atoms with E-state index in [2.05, 4.69) is 30.2 Å². The van der Waals surface area contributed by atoms with Crippen molar-refractivity contribution >= 4 is 43.4 Å². The molecule has 0 aromatic heterocycles. The summed E-state index contributed by atoms with van der Waals surface area (Å²) in [6.45, 7) is 6.41. The first-order chi connectivity index (χ1) is 30.0. The topological polar surface area (TPSA) is 191 Å². The van der Waals surface area contributed by atoms with Gasteiger partial charge in [-0.3, -0.25) is 9.44 Å². The zero-order chi connectivity index (χ0) is 45.6. The second-order valence-corrected chi connectivity index (χ2v) is 18.9. The van der Waals surface area contributed by atoms with Gasteiger partial charge in [0.2, 0.25) is 0 Å². The molecule has 0 radical (unpaired) electrons. The van der Waals surface area contributed by atoms with Crippen LogP contribution in [0.2, 0.25) is 0 Å². The number of nitrogens with zero attached hydrogens (tertiary/aromatic N) is 1. The molecular weight excluding hydrogens is 835 g/mol. The minimum absolute atomic E-state index is 0.00370. The summed E-state index contributed by atoms with van der Waals surface area (Å²) in [6, 6.07) is 43.3. The number of carboxylic acid groups (broad SMARTS) is 2. The fourth-order valence-corrected chi connectivity index (χ4v) is 9.12. The van der Waals surface area contributed by atoms with Crippen LogP contribution in [0.1, 0.15) is 94.1 Å². The van der Waals surface area contributed by atoms with E-state index in [1.807, 2.05) is 60.7 Å². The molecule has 0 atom stereocenters. The molecule has 0 bridgehead atoms. The number of nitriles is 1. The van der Waals surface area contributed by atoms with Gasteiger partial charge in [0.15, 0.2) is 0 Å². The molecule has 4 N–H and O–H groups in total. The summed E-state index contributed by atoms with van der Waals surface area (Å²) in [5.41, 5.74) is 6.60. The Bertz CT molecular complexity index is 2780. The Morgan fingerprint density at radius 3 is 1.44 bits per heavy atom. The lowest BCUT2D eigenvalue weighted by Gasteiger charge is -2.23. The summed E-state index contributed by atoms with van der Waals surface area (Å²) in [6.07, 6.45) is 5.39. The number of aromatic carboxylic acids is 2. The number of benzene rings is 6. The Morgan fingerprint density at radius 2 is 1.00 bits per heavy atom. The predicted octanol–water partition coefficient (Wildman–Crippen LogP) is 10.3. The molecule has 6 aromatic carbocycles. The predicted molar refractivity (Wildman–Crippen MR) is 246 cm³/mol. The maximum Gasteiger partial charge on any atom is 0.335 e. The summed E-state index contributed by atoms with van der Waals surface area (Å²) in [5, 5.41) is 27.2. The first-order valence-corrected chi connectivity index (χ1v) is 23.4. The molecule has 13 heteroatoms. The van der Waals surface area contributed by atoms with Gasteiger partial charge in [-0.25, -0.2) is 26.4 Å². The molecule has 0 aliphatic rings. The SMILES string of the molecule is CCC(C)(C)c1ccc(S(=O)(=O)Nc2ccccc2CCCc2ccc(C(=O)O)cc2)cc1.N#Cc1ccccc1S(=O)(=O)Nc1ccccc1CCCc1ccc(C(=O)O)cc1. The number of sulfonamides is 2. The van der Waals surface area contributed by atoms with E-state index in [9.17, 15) is 31.7 Å². The van der Waals surface area contributed by atoms with Gasteiger partial charge in [-0.1, -0.05) is 106 Å². The molecule has 6 rings (SSSR count). The van der Waals surface area contributed by atoms with Gasteiger partial charge in [-0.2, -0.15) is 5.26 Å². The molecule has 63 heavy (non-hydrogen) atoms. The van der Waals surface area contributed by atoms with Crippen LogP contribution in [-0.2, 0) is 51.1 Å². The molecule has 0 unspecified atom stereocenters. The minimum Gasteiger partial charge on any atom is -0.478 e. The second-order valence-electron chi connectivity index (χ2n) is 15.6. The summed E-state index contributed by atoms with van der Waals surface area (Å²) in [7, 11) is -7.60. The van der Waals surface area contributed by atoms with Crippen molar-refractivity contribution in [1.82, 2.24) is 0 Å². The molecule has 0 aliphatic carbocycles. The maximum absolute atomic E-state index is 13.0. The Balaban J connectivity index is 0.000000239. The molecule has 0 amide bonds. The fraction of sp³-hybridized carbons (Fsp3) is 0.220. The third-order valence-electron chi connectivity index (χ3n) is 10.9. The van der Waals surface area contributed by atoms with Crippen LogP contribution in [0.15, 0.2) is 155 Å². The highest BCUT2D eigenvalue weighted by Gasteiger charge is 2.22. The maximum atomic E-state index is 13.0. The summed E-state index contributed by atoms with van der Waals surface area (Å²) >= 11 is 0. The zero-order valence-corrected chi connectivity index (χ0v) is 37.0. The van der Waals surface area contributed by atoms with Gasteiger partial charge in [-0.05, 0) is 139 Å². The number of aryl methyl sites for hydroxylation is 4. The van der Waals surface area contributed by atoms with Gasteiger partial charge in [0.1, 0.15) is 11.0 Å². The van der Waals surface area contributed by atoms with Crippen molar-refractivity contribution in [3.05, 3.63) is 190 Å². The average molecular weight is 886 g/mol. The standard InChI is InChI=1S/C27H31NO4S.C23H20N2O4S/c1-4-27(2,3)23-16-18-24(19-17-23)33(31,32)28-25-11-6-5-9-21(25)10-7-8-20-12-14-22(15-13-20)26(29)30;24-16-20-8-2-4-11-22(20)30(28,29)25-21-10-3-1-7-18(21)9-5-6-17-12-14-19(15-13-17)23(26)27/h5-6,9,11-19,28H,4,7-8,10H2,1-3H3,(H,29,30);1-4,7-8,10-15,25H,5-6,9H2,(H,26,27). The number of nitrogens with one attached hydrogen (secondary N) is 2. The Hall–Kier alpha value is -6.75. The highest BCUT2D eigenvalue weighted by Crippen LogP contribution is 2.29. The average Bonchev–Trinajstić information content (AvgIpc) is 3.28. The number of hydrogen-bond acceptors (Lipinski definition) is 7. The number of rotatable bonds is 18. The van der Waals surface area contributed by atoms with Crippen molar-refractivity contribution in [2.45, 2.75) is 80.9 Å². The summed E-state index contributed by atoms with van der Waals surface area (Å²) in [4.78, 5) is 22.1. The van der Waals surface area contributed by atoms with Gasteiger partial charge in [0.25, 0.3) is 20.0 Å². The van der Waals surface area contributed by atoms with E-state index in [1.54, 1.807) is 78.9 Å². The lowest BCUT2D eigenvalue weighted by atomic mass is 9.82.